The summed E-state index contributed by atoms with van der Waals surface area (Å²) in [5.74, 6) is 0.887. The molecule has 0 radical (unpaired) electrons. The Kier molecular flexibility index (Phi) is 6.47. The standard InChI is InChI=1S/C18H26ClN3/c1-4-22(5-2)13-7-8-14(3)21-18-17-15(11-12-20-18)9-6-10-16(17)19/h6,9-12,14H,4-5,7-8,13H2,1-3H3,(H,20,21). The monoisotopic (exact) mass is 319 g/mol. The highest BCUT2D eigenvalue weighted by Gasteiger charge is 2.09. The third kappa shape index (κ3) is 4.34. The van der Waals surface area contributed by atoms with E-state index in [2.05, 4.69) is 42.0 Å². The molecule has 1 atom stereocenters. The van der Waals surface area contributed by atoms with Gasteiger partial charge in [-0.1, -0.05) is 37.6 Å². The first-order valence-electron chi connectivity index (χ1n) is 8.17. The van der Waals surface area contributed by atoms with Crippen LogP contribution in [0.3, 0.4) is 0 Å². The molecular formula is C18H26ClN3. The summed E-state index contributed by atoms with van der Waals surface area (Å²) in [7, 11) is 0. The van der Waals surface area contributed by atoms with Crippen LogP contribution in [0.25, 0.3) is 10.8 Å². The summed E-state index contributed by atoms with van der Waals surface area (Å²) in [6.45, 7) is 10.0. The second kappa shape index (κ2) is 8.35. The minimum atomic E-state index is 0.380. The fourth-order valence-corrected chi connectivity index (χ4v) is 3.03. The molecule has 0 aliphatic heterocycles. The van der Waals surface area contributed by atoms with Gasteiger partial charge in [-0.3, -0.25) is 0 Å². The summed E-state index contributed by atoms with van der Waals surface area (Å²) >= 11 is 6.34. The highest BCUT2D eigenvalue weighted by molar-refractivity contribution is 6.36. The van der Waals surface area contributed by atoms with Gasteiger partial charge in [-0.05, 0) is 56.9 Å². The summed E-state index contributed by atoms with van der Waals surface area (Å²) in [4.78, 5) is 6.94. The van der Waals surface area contributed by atoms with E-state index in [1.807, 2.05) is 24.4 Å². The smallest absolute Gasteiger partial charge is 0.135 e. The maximum Gasteiger partial charge on any atom is 0.135 e. The molecule has 0 saturated carbocycles. The largest absolute Gasteiger partial charge is 0.367 e. The zero-order valence-corrected chi connectivity index (χ0v) is 14.5. The minimum Gasteiger partial charge on any atom is -0.367 e. The number of hydrogen-bond acceptors (Lipinski definition) is 3. The molecule has 1 aromatic carbocycles. The average molecular weight is 320 g/mol. The van der Waals surface area contributed by atoms with Gasteiger partial charge in [-0.25, -0.2) is 4.98 Å². The van der Waals surface area contributed by atoms with Crippen LogP contribution < -0.4 is 5.32 Å². The van der Waals surface area contributed by atoms with Crippen LogP contribution in [0.4, 0.5) is 5.82 Å². The van der Waals surface area contributed by atoms with Gasteiger partial charge in [-0.15, -0.1) is 0 Å². The van der Waals surface area contributed by atoms with Gasteiger partial charge in [0.15, 0.2) is 0 Å². The lowest BCUT2D eigenvalue weighted by Gasteiger charge is -2.20. The van der Waals surface area contributed by atoms with E-state index >= 15 is 0 Å². The molecule has 1 heterocycles. The van der Waals surface area contributed by atoms with Gasteiger partial charge in [0.2, 0.25) is 0 Å². The number of pyridine rings is 1. The van der Waals surface area contributed by atoms with Crippen molar-refractivity contribution < 1.29 is 0 Å². The van der Waals surface area contributed by atoms with Crippen molar-refractivity contribution in [2.75, 3.05) is 25.0 Å². The van der Waals surface area contributed by atoms with Crippen LogP contribution in [0.1, 0.15) is 33.6 Å². The Morgan fingerprint density at radius 2 is 2.00 bits per heavy atom. The number of nitrogens with zero attached hydrogens (tertiary/aromatic N) is 2. The summed E-state index contributed by atoms with van der Waals surface area (Å²) < 4.78 is 0. The van der Waals surface area contributed by atoms with Crippen molar-refractivity contribution in [3.05, 3.63) is 35.5 Å². The number of benzene rings is 1. The van der Waals surface area contributed by atoms with Crippen LogP contribution >= 0.6 is 11.6 Å². The molecule has 3 nitrogen and oxygen atoms in total. The topological polar surface area (TPSA) is 28.2 Å². The molecular weight excluding hydrogens is 294 g/mol. The van der Waals surface area contributed by atoms with Crippen molar-refractivity contribution >= 4 is 28.2 Å². The van der Waals surface area contributed by atoms with Crippen LogP contribution in [0.5, 0.6) is 0 Å². The lowest BCUT2D eigenvalue weighted by Crippen LogP contribution is -2.25. The summed E-state index contributed by atoms with van der Waals surface area (Å²) in [6, 6.07) is 8.34. The number of halogens is 1. The van der Waals surface area contributed by atoms with E-state index in [1.165, 1.54) is 6.42 Å². The quantitative estimate of drug-likeness (QED) is 0.756. The lowest BCUT2D eigenvalue weighted by atomic mass is 10.1. The molecule has 0 amide bonds. The molecule has 0 saturated heterocycles. The molecule has 2 rings (SSSR count). The molecule has 0 spiro atoms. The summed E-state index contributed by atoms with van der Waals surface area (Å²) in [5.41, 5.74) is 0. The molecule has 2 aromatic rings. The van der Waals surface area contributed by atoms with Crippen molar-refractivity contribution in [1.29, 1.82) is 0 Å². The van der Waals surface area contributed by atoms with Gasteiger partial charge in [0.25, 0.3) is 0 Å². The minimum absolute atomic E-state index is 0.380. The molecule has 1 aromatic heterocycles. The summed E-state index contributed by atoms with van der Waals surface area (Å²) in [5, 5.41) is 6.42. The Balaban J connectivity index is 1.99. The predicted molar refractivity (Wildman–Crippen MR) is 96.9 cm³/mol. The van der Waals surface area contributed by atoms with Crippen molar-refractivity contribution in [2.24, 2.45) is 0 Å². The van der Waals surface area contributed by atoms with E-state index in [0.717, 1.165) is 47.7 Å². The van der Waals surface area contributed by atoms with E-state index < -0.39 is 0 Å². The average Bonchev–Trinajstić information content (AvgIpc) is 2.52. The molecule has 0 aliphatic rings. The van der Waals surface area contributed by atoms with Crippen LogP contribution in [0, 0.1) is 0 Å². The number of fused-ring (bicyclic) bond motifs is 1. The first-order chi connectivity index (χ1) is 10.7. The Morgan fingerprint density at radius 1 is 1.23 bits per heavy atom. The normalized spacial score (nSPS) is 12.8. The molecule has 1 unspecified atom stereocenters. The van der Waals surface area contributed by atoms with E-state index in [0.29, 0.717) is 6.04 Å². The lowest BCUT2D eigenvalue weighted by molar-refractivity contribution is 0.295. The number of aromatic nitrogens is 1. The van der Waals surface area contributed by atoms with Gasteiger partial charge >= 0.3 is 0 Å². The first kappa shape index (κ1) is 17.0. The number of hydrogen-bond donors (Lipinski definition) is 1. The predicted octanol–water partition coefficient (Wildman–Crippen LogP) is 4.81. The van der Waals surface area contributed by atoms with E-state index in [4.69, 9.17) is 11.6 Å². The maximum absolute atomic E-state index is 6.34. The van der Waals surface area contributed by atoms with Crippen molar-refractivity contribution in [1.82, 2.24) is 9.88 Å². The SMILES string of the molecule is CCN(CC)CCCC(C)Nc1nccc2cccc(Cl)c12. The molecule has 22 heavy (non-hydrogen) atoms. The zero-order valence-electron chi connectivity index (χ0n) is 13.8. The van der Waals surface area contributed by atoms with E-state index in [9.17, 15) is 0 Å². The number of nitrogens with one attached hydrogen (secondary N) is 1. The van der Waals surface area contributed by atoms with Crippen LogP contribution in [0.15, 0.2) is 30.5 Å². The first-order valence-corrected chi connectivity index (χ1v) is 8.55. The number of rotatable bonds is 8. The molecule has 4 heteroatoms. The summed E-state index contributed by atoms with van der Waals surface area (Å²) in [6.07, 6.45) is 4.15. The third-order valence-electron chi connectivity index (χ3n) is 4.13. The van der Waals surface area contributed by atoms with Crippen molar-refractivity contribution in [3.8, 4) is 0 Å². The number of anilines is 1. The Bertz CT molecular complexity index is 591. The van der Waals surface area contributed by atoms with Gasteiger partial charge in [0.05, 0.1) is 5.02 Å². The fourth-order valence-electron chi connectivity index (χ4n) is 2.76. The molecule has 120 valence electrons. The highest BCUT2D eigenvalue weighted by atomic mass is 35.5. The van der Waals surface area contributed by atoms with Crippen LogP contribution in [-0.2, 0) is 0 Å². The van der Waals surface area contributed by atoms with Gasteiger partial charge in [-0.2, -0.15) is 0 Å². The second-order valence-electron chi connectivity index (χ2n) is 5.71. The molecule has 0 aliphatic carbocycles. The zero-order chi connectivity index (χ0) is 15.9. The Morgan fingerprint density at radius 3 is 2.73 bits per heavy atom. The molecule has 0 bridgehead atoms. The maximum atomic E-state index is 6.34. The molecule has 0 fully saturated rings. The van der Waals surface area contributed by atoms with Gasteiger partial charge < -0.3 is 10.2 Å². The van der Waals surface area contributed by atoms with E-state index in [-0.39, 0.29) is 0 Å². The van der Waals surface area contributed by atoms with Crippen LogP contribution in [-0.4, -0.2) is 35.6 Å². The van der Waals surface area contributed by atoms with Crippen molar-refractivity contribution in [2.45, 2.75) is 39.7 Å². The van der Waals surface area contributed by atoms with Gasteiger partial charge in [0, 0.05) is 17.6 Å². The fraction of sp³-hybridized carbons (Fsp3) is 0.500. The highest BCUT2D eigenvalue weighted by Crippen LogP contribution is 2.29. The Labute approximate surface area is 138 Å². The Hall–Kier alpha value is -1.32. The van der Waals surface area contributed by atoms with Crippen molar-refractivity contribution in [3.63, 3.8) is 0 Å². The van der Waals surface area contributed by atoms with Gasteiger partial charge in [0.1, 0.15) is 5.82 Å². The van der Waals surface area contributed by atoms with Crippen LogP contribution in [0.2, 0.25) is 5.02 Å². The molecule has 1 N–H and O–H groups in total. The third-order valence-corrected chi connectivity index (χ3v) is 4.44. The second-order valence-corrected chi connectivity index (χ2v) is 6.12. The van der Waals surface area contributed by atoms with E-state index in [1.54, 1.807) is 0 Å².